The zero-order chi connectivity index (χ0) is 20.7. The van der Waals surface area contributed by atoms with Gasteiger partial charge in [0.15, 0.2) is 0 Å². The molecule has 28 heavy (non-hydrogen) atoms. The summed E-state index contributed by atoms with van der Waals surface area (Å²) in [6.07, 6.45) is 4.53. The fraction of sp³-hybridized carbons (Fsp3) is 0.619. The second-order valence-corrected chi connectivity index (χ2v) is 8.28. The maximum absolute atomic E-state index is 12.1. The van der Waals surface area contributed by atoms with E-state index < -0.39 is 5.60 Å². The first-order valence-corrected chi connectivity index (χ1v) is 9.80. The molecule has 1 N–H and O–H groups in total. The van der Waals surface area contributed by atoms with Gasteiger partial charge in [-0.15, -0.1) is 0 Å². The number of anilines is 1. The average molecular weight is 392 g/mol. The average Bonchev–Trinajstić information content (AvgIpc) is 3.04. The van der Waals surface area contributed by atoms with Gasteiger partial charge < -0.3 is 19.7 Å². The number of fused-ring (bicyclic) bond motifs is 1. The molecule has 0 unspecified atom stereocenters. The van der Waals surface area contributed by atoms with Gasteiger partial charge in [0.25, 0.3) is 0 Å². The SMILES string of the molecule is CN1CCCCC1.COc1cc2c(cc1NC=O)CN(C(=O)OC(C)(C)C)C2. The molecule has 0 saturated carbocycles. The number of piperidine rings is 1. The lowest BCUT2D eigenvalue weighted by Crippen LogP contribution is -2.33. The number of hydrogen-bond acceptors (Lipinski definition) is 5. The van der Waals surface area contributed by atoms with Crippen LogP contribution in [0.5, 0.6) is 5.75 Å². The monoisotopic (exact) mass is 391 g/mol. The highest BCUT2D eigenvalue weighted by Gasteiger charge is 2.28. The van der Waals surface area contributed by atoms with Gasteiger partial charge in [0.2, 0.25) is 6.41 Å². The normalized spacial score (nSPS) is 16.5. The summed E-state index contributed by atoms with van der Waals surface area (Å²) in [5.74, 6) is 0.576. The first-order valence-electron chi connectivity index (χ1n) is 9.80. The molecule has 7 heteroatoms. The molecule has 0 bridgehead atoms. The number of carbonyl (C=O) groups excluding carboxylic acids is 2. The highest BCUT2D eigenvalue weighted by atomic mass is 16.6. The lowest BCUT2D eigenvalue weighted by molar-refractivity contribution is -0.105. The molecule has 1 fully saturated rings. The van der Waals surface area contributed by atoms with Crippen molar-refractivity contribution in [3.05, 3.63) is 23.3 Å². The van der Waals surface area contributed by atoms with E-state index in [4.69, 9.17) is 9.47 Å². The minimum Gasteiger partial charge on any atom is -0.495 e. The summed E-state index contributed by atoms with van der Waals surface area (Å²) in [7, 11) is 3.73. The van der Waals surface area contributed by atoms with Crippen LogP contribution < -0.4 is 10.1 Å². The van der Waals surface area contributed by atoms with Gasteiger partial charge in [0.05, 0.1) is 12.8 Å². The smallest absolute Gasteiger partial charge is 0.410 e. The van der Waals surface area contributed by atoms with Crippen LogP contribution in [-0.2, 0) is 22.6 Å². The highest BCUT2D eigenvalue weighted by Crippen LogP contribution is 2.33. The van der Waals surface area contributed by atoms with E-state index in [1.165, 1.54) is 39.5 Å². The molecule has 156 valence electrons. The van der Waals surface area contributed by atoms with Crippen molar-refractivity contribution in [2.75, 3.05) is 32.6 Å². The second-order valence-electron chi connectivity index (χ2n) is 8.28. The van der Waals surface area contributed by atoms with Crippen LogP contribution in [0.3, 0.4) is 0 Å². The van der Waals surface area contributed by atoms with Crippen LogP contribution >= 0.6 is 0 Å². The van der Waals surface area contributed by atoms with E-state index in [-0.39, 0.29) is 6.09 Å². The fourth-order valence-corrected chi connectivity index (χ4v) is 3.28. The summed E-state index contributed by atoms with van der Waals surface area (Å²) < 4.78 is 10.6. The van der Waals surface area contributed by atoms with Crippen molar-refractivity contribution < 1.29 is 19.1 Å². The molecule has 3 rings (SSSR count). The van der Waals surface area contributed by atoms with Crippen LogP contribution in [0.1, 0.15) is 51.2 Å². The van der Waals surface area contributed by atoms with Gasteiger partial charge in [0, 0.05) is 13.1 Å². The number of amides is 2. The zero-order valence-electron chi connectivity index (χ0n) is 17.7. The summed E-state index contributed by atoms with van der Waals surface area (Å²) in [6.45, 7) is 9.08. The van der Waals surface area contributed by atoms with Gasteiger partial charge in [-0.3, -0.25) is 9.69 Å². The standard InChI is InChI=1S/C15H20N2O4.C6H13N/c1-15(2,3)21-14(19)17-7-10-5-12(16-9-18)13(20-4)6-11(10)8-17;1-7-5-3-2-4-6-7/h5-6,9H,7-8H2,1-4H3,(H,16,18);2-6H2,1H3. The number of rotatable bonds is 3. The Morgan fingerprint density at radius 2 is 1.71 bits per heavy atom. The quantitative estimate of drug-likeness (QED) is 0.797. The van der Waals surface area contributed by atoms with Gasteiger partial charge in [-0.05, 0) is 77.0 Å². The van der Waals surface area contributed by atoms with Crippen molar-refractivity contribution in [3.8, 4) is 5.75 Å². The molecule has 1 saturated heterocycles. The van der Waals surface area contributed by atoms with Crippen molar-refractivity contribution >= 4 is 18.2 Å². The number of ether oxygens (including phenoxy) is 2. The first kappa shape index (κ1) is 22.0. The van der Waals surface area contributed by atoms with Crippen molar-refractivity contribution in [1.82, 2.24) is 9.80 Å². The molecule has 2 aliphatic rings. The molecule has 1 aromatic carbocycles. The van der Waals surface area contributed by atoms with E-state index in [9.17, 15) is 9.59 Å². The Kier molecular flexibility index (Phi) is 7.69. The van der Waals surface area contributed by atoms with E-state index >= 15 is 0 Å². The molecule has 2 heterocycles. The molecule has 2 amide bonds. The highest BCUT2D eigenvalue weighted by molar-refractivity contribution is 5.77. The third kappa shape index (κ3) is 6.41. The molecule has 1 aromatic rings. The number of nitrogens with one attached hydrogen (secondary N) is 1. The maximum atomic E-state index is 12.1. The predicted molar refractivity (Wildman–Crippen MR) is 110 cm³/mol. The van der Waals surface area contributed by atoms with Crippen LogP contribution in [0.25, 0.3) is 0 Å². The fourth-order valence-electron chi connectivity index (χ4n) is 3.28. The lowest BCUT2D eigenvalue weighted by atomic mass is 10.1. The number of benzene rings is 1. The Morgan fingerprint density at radius 1 is 1.11 bits per heavy atom. The van der Waals surface area contributed by atoms with Crippen LogP contribution in [-0.4, -0.2) is 55.2 Å². The van der Waals surface area contributed by atoms with Gasteiger partial charge in [-0.2, -0.15) is 0 Å². The lowest BCUT2D eigenvalue weighted by Gasteiger charge is -2.24. The molecular weight excluding hydrogens is 358 g/mol. The molecule has 0 aromatic heterocycles. The van der Waals surface area contributed by atoms with E-state index in [0.29, 0.717) is 30.9 Å². The Morgan fingerprint density at radius 3 is 2.18 bits per heavy atom. The Hall–Kier alpha value is -2.28. The summed E-state index contributed by atoms with van der Waals surface area (Å²) in [4.78, 5) is 26.7. The molecule has 7 nitrogen and oxygen atoms in total. The number of likely N-dealkylation sites (tertiary alicyclic amines) is 1. The first-order chi connectivity index (χ1) is 13.2. The molecular formula is C21H33N3O4. The van der Waals surface area contributed by atoms with Crippen molar-refractivity contribution in [1.29, 1.82) is 0 Å². The maximum Gasteiger partial charge on any atom is 0.410 e. The van der Waals surface area contributed by atoms with Crippen LogP contribution in [0.4, 0.5) is 10.5 Å². The summed E-state index contributed by atoms with van der Waals surface area (Å²) >= 11 is 0. The predicted octanol–water partition coefficient (Wildman–Crippen LogP) is 3.62. The molecule has 0 radical (unpaired) electrons. The van der Waals surface area contributed by atoms with Gasteiger partial charge in [-0.1, -0.05) is 6.42 Å². The van der Waals surface area contributed by atoms with E-state index in [2.05, 4.69) is 17.3 Å². The molecule has 0 spiro atoms. The van der Waals surface area contributed by atoms with Crippen molar-refractivity contribution in [2.45, 2.75) is 58.7 Å². The van der Waals surface area contributed by atoms with E-state index in [1.807, 2.05) is 32.9 Å². The van der Waals surface area contributed by atoms with E-state index in [0.717, 1.165) is 11.1 Å². The number of nitrogens with zero attached hydrogens (tertiary/aromatic N) is 2. The zero-order valence-corrected chi connectivity index (χ0v) is 17.7. The van der Waals surface area contributed by atoms with Gasteiger partial charge in [0.1, 0.15) is 11.4 Å². The Bertz CT molecular complexity index is 679. The van der Waals surface area contributed by atoms with Gasteiger partial charge in [-0.25, -0.2) is 4.79 Å². The van der Waals surface area contributed by atoms with Crippen molar-refractivity contribution in [2.24, 2.45) is 0 Å². The third-order valence-electron chi connectivity index (χ3n) is 4.69. The second kappa shape index (κ2) is 9.78. The van der Waals surface area contributed by atoms with Crippen molar-refractivity contribution in [3.63, 3.8) is 0 Å². The minimum atomic E-state index is -0.520. The van der Waals surface area contributed by atoms with E-state index in [1.54, 1.807) is 4.90 Å². The number of methoxy groups -OCH3 is 1. The summed E-state index contributed by atoms with van der Waals surface area (Å²) in [5, 5.41) is 2.60. The topological polar surface area (TPSA) is 71.1 Å². The molecule has 0 atom stereocenters. The largest absolute Gasteiger partial charge is 0.495 e. The van der Waals surface area contributed by atoms with Crippen LogP contribution in [0.15, 0.2) is 12.1 Å². The Balaban J connectivity index is 0.000000336. The minimum absolute atomic E-state index is 0.345. The number of carbonyl (C=O) groups is 2. The molecule has 2 aliphatic heterocycles. The third-order valence-corrected chi connectivity index (χ3v) is 4.69. The van der Waals surface area contributed by atoms with Crippen LogP contribution in [0.2, 0.25) is 0 Å². The Labute approximate surface area is 168 Å². The van der Waals surface area contributed by atoms with Gasteiger partial charge >= 0.3 is 6.09 Å². The molecule has 0 aliphatic carbocycles. The number of hydrogen-bond donors (Lipinski definition) is 1. The van der Waals surface area contributed by atoms with Crippen LogP contribution in [0, 0.1) is 0 Å². The summed E-state index contributed by atoms with van der Waals surface area (Å²) in [6, 6.07) is 3.67. The summed E-state index contributed by atoms with van der Waals surface area (Å²) in [5.41, 5.74) is 2.05.